The minimum atomic E-state index is -0.978. The molecule has 4 heteroatoms. The summed E-state index contributed by atoms with van der Waals surface area (Å²) in [7, 11) is 0. The molecule has 1 aromatic rings. The molecule has 0 saturated heterocycles. The fourth-order valence-corrected chi connectivity index (χ4v) is 3.97. The molecule has 0 spiro atoms. The first-order valence-corrected chi connectivity index (χ1v) is 12.7. The zero-order chi connectivity index (χ0) is 22.6. The van der Waals surface area contributed by atoms with Gasteiger partial charge in [0, 0.05) is 12.8 Å². The molecule has 0 fully saturated rings. The molecule has 2 N–H and O–H groups in total. The van der Waals surface area contributed by atoms with Crippen molar-refractivity contribution in [3.63, 3.8) is 0 Å². The number of carboxylic acid groups (broad SMARTS) is 1. The summed E-state index contributed by atoms with van der Waals surface area (Å²) in [6, 6.07) is 8.57. The lowest BCUT2D eigenvalue weighted by Gasteiger charge is -2.14. The van der Waals surface area contributed by atoms with Crippen molar-refractivity contribution in [1.82, 2.24) is 5.32 Å². The molecule has 0 aliphatic carbocycles. The third kappa shape index (κ3) is 15.6. The van der Waals surface area contributed by atoms with Crippen LogP contribution >= 0.6 is 0 Å². The van der Waals surface area contributed by atoms with Crippen LogP contribution in [0.4, 0.5) is 0 Å². The van der Waals surface area contributed by atoms with Crippen molar-refractivity contribution in [3.8, 4) is 0 Å². The molecule has 31 heavy (non-hydrogen) atoms. The van der Waals surface area contributed by atoms with Crippen LogP contribution in [0.3, 0.4) is 0 Å². The topological polar surface area (TPSA) is 66.4 Å². The maximum Gasteiger partial charge on any atom is 0.326 e. The van der Waals surface area contributed by atoms with E-state index in [-0.39, 0.29) is 5.91 Å². The van der Waals surface area contributed by atoms with Gasteiger partial charge in [-0.3, -0.25) is 4.79 Å². The molecule has 176 valence electrons. The quantitative estimate of drug-likeness (QED) is 0.217. The Kier molecular flexibility index (Phi) is 16.6. The van der Waals surface area contributed by atoms with E-state index in [9.17, 15) is 14.7 Å². The van der Waals surface area contributed by atoms with E-state index in [1.807, 2.05) is 30.3 Å². The molecular formula is C27H45NO3. The lowest BCUT2D eigenvalue weighted by Crippen LogP contribution is -2.42. The molecule has 1 aromatic carbocycles. The number of hydrogen-bond donors (Lipinski definition) is 2. The van der Waals surface area contributed by atoms with Gasteiger partial charge in [0.25, 0.3) is 0 Å². The Morgan fingerprint density at radius 2 is 1.19 bits per heavy atom. The molecule has 1 atom stereocenters. The van der Waals surface area contributed by atoms with Gasteiger partial charge in [0.1, 0.15) is 6.04 Å². The number of hydrogen-bond acceptors (Lipinski definition) is 2. The van der Waals surface area contributed by atoms with Gasteiger partial charge in [-0.25, -0.2) is 4.79 Å². The van der Waals surface area contributed by atoms with Crippen molar-refractivity contribution < 1.29 is 14.7 Å². The van der Waals surface area contributed by atoms with Crippen LogP contribution in [-0.4, -0.2) is 23.0 Å². The van der Waals surface area contributed by atoms with E-state index in [2.05, 4.69) is 12.2 Å². The van der Waals surface area contributed by atoms with Gasteiger partial charge in [0.15, 0.2) is 0 Å². The SMILES string of the molecule is CCCCCCCCCCCCCCCCCC(=O)N[C@H](Cc1ccccc1)C(=O)O. The Labute approximate surface area is 190 Å². The lowest BCUT2D eigenvalue weighted by atomic mass is 10.0. The summed E-state index contributed by atoms with van der Waals surface area (Å²) in [6.07, 6.45) is 20.1. The van der Waals surface area contributed by atoms with Gasteiger partial charge in [-0.2, -0.15) is 0 Å². The van der Waals surface area contributed by atoms with E-state index in [4.69, 9.17) is 0 Å². The third-order valence-electron chi connectivity index (χ3n) is 5.92. The van der Waals surface area contributed by atoms with Crippen molar-refractivity contribution in [1.29, 1.82) is 0 Å². The number of carbonyl (C=O) groups excluding carboxylic acids is 1. The Bertz CT molecular complexity index is 573. The van der Waals surface area contributed by atoms with Crippen molar-refractivity contribution in [3.05, 3.63) is 35.9 Å². The Hall–Kier alpha value is -1.84. The smallest absolute Gasteiger partial charge is 0.326 e. The summed E-state index contributed by atoms with van der Waals surface area (Å²) in [6.45, 7) is 2.27. The molecule has 0 radical (unpaired) electrons. The van der Waals surface area contributed by atoms with Crippen LogP contribution in [0.5, 0.6) is 0 Å². The Morgan fingerprint density at radius 3 is 1.65 bits per heavy atom. The van der Waals surface area contributed by atoms with Crippen LogP contribution in [0.15, 0.2) is 30.3 Å². The highest BCUT2D eigenvalue weighted by molar-refractivity contribution is 5.83. The molecular weight excluding hydrogens is 386 g/mol. The van der Waals surface area contributed by atoms with Crippen LogP contribution in [-0.2, 0) is 16.0 Å². The van der Waals surface area contributed by atoms with Crippen molar-refractivity contribution in [2.75, 3.05) is 0 Å². The standard InChI is InChI=1S/C27H45NO3/c1-2-3-4-5-6-7-8-9-10-11-12-13-14-15-19-22-26(29)28-25(27(30)31)23-24-20-17-16-18-21-24/h16-18,20-21,25H,2-15,19,22-23H2,1H3,(H,28,29)(H,30,31)/t25-/m1/s1. The van der Waals surface area contributed by atoms with Crippen LogP contribution in [0.2, 0.25) is 0 Å². The van der Waals surface area contributed by atoms with E-state index in [1.165, 1.54) is 77.0 Å². The first kappa shape index (κ1) is 27.2. The molecule has 0 heterocycles. The highest BCUT2D eigenvalue weighted by Crippen LogP contribution is 2.14. The van der Waals surface area contributed by atoms with E-state index in [0.29, 0.717) is 12.8 Å². The van der Waals surface area contributed by atoms with Gasteiger partial charge < -0.3 is 10.4 Å². The zero-order valence-electron chi connectivity index (χ0n) is 19.7. The predicted octanol–water partition coefficient (Wildman–Crippen LogP) is 7.06. The number of rotatable bonds is 20. The predicted molar refractivity (Wildman–Crippen MR) is 129 cm³/mol. The second-order valence-electron chi connectivity index (χ2n) is 8.85. The molecule has 0 bridgehead atoms. The fraction of sp³-hybridized carbons (Fsp3) is 0.704. The van der Waals surface area contributed by atoms with Gasteiger partial charge in [-0.05, 0) is 12.0 Å². The maximum atomic E-state index is 12.1. The van der Waals surface area contributed by atoms with Gasteiger partial charge >= 0.3 is 5.97 Å². The summed E-state index contributed by atoms with van der Waals surface area (Å²) >= 11 is 0. The summed E-state index contributed by atoms with van der Waals surface area (Å²) < 4.78 is 0. The Balaban J connectivity index is 1.95. The van der Waals surface area contributed by atoms with Crippen LogP contribution in [0, 0.1) is 0 Å². The van der Waals surface area contributed by atoms with Crippen LogP contribution in [0.25, 0.3) is 0 Å². The van der Waals surface area contributed by atoms with Gasteiger partial charge in [-0.15, -0.1) is 0 Å². The normalized spacial score (nSPS) is 11.9. The summed E-state index contributed by atoms with van der Waals surface area (Å²) in [4.78, 5) is 23.5. The highest BCUT2D eigenvalue weighted by Gasteiger charge is 2.19. The fourth-order valence-electron chi connectivity index (χ4n) is 3.97. The van der Waals surface area contributed by atoms with E-state index in [1.54, 1.807) is 0 Å². The van der Waals surface area contributed by atoms with Gasteiger partial charge in [0.05, 0.1) is 0 Å². The number of carboxylic acids is 1. The number of aliphatic carboxylic acids is 1. The zero-order valence-corrected chi connectivity index (χ0v) is 19.7. The second kappa shape index (κ2) is 18.9. The van der Waals surface area contributed by atoms with Gasteiger partial charge in [-0.1, -0.05) is 127 Å². The van der Waals surface area contributed by atoms with Crippen LogP contribution in [0.1, 0.15) is 115 Å². The maximum absolute atomic E-state index is 12.1. The molecule has 1 amide bonds. The Morgan fingerprint density at radius 1 is 0.742 bits per heavy atom. The van der Waals surface area contributed by atoms with E-state index < -0.39 is 12.0 Å². The molecule has 0 aromatic heterocycles. The molecule has 1 rings (SSSR count). The number of amides is 1. The molecule has 4 nitrogen and oxygen atoms in total. The van der Waals surface area contributed by atoms with E-state index >= 15 is 0 Å². The van der Waals surface area contributed by atoms with Crippen molar-refractivity contribution >= 4 is 11.9 Å². The molecule has 0 aliphatic rings. The monoisotopic (exact) mass is 431 g/mol. The first-order chi connectivity index (χ1) is 15.1. The van der Waals surface area contributed by atoms with Crippen molar-refractivity contribution in [2.45, 2.75) is 122 Å². The molecule has 0 saturated carbocycles. The highest BCUT2D eigenvalue weighted by atomic mass is 16.4. The molecule has 0 unspecified atom stereocenters. The number of carbonyl (C=O) groups is 2. The summed E-state index contributed by atoms with van der Waals surface area (Å²) in [5.74, 6) is -1.13. The first-order valence-electron chi connectivity index (χ1n) is 12.7. The van der Waals surface area contributed by atoms with E-state index in [0.717, 1.165) is 24.8 Å². The summed E-state index contributed by atoms with van der Waals surface area (Å²) in [5, 5.41) is 12.0. The average Bonchev–Trinajstić information content (AvgIpc) is 2.76. The largest absolute Gasteiger partial charge is 0.480 e. The number of nitrogens with one attached hydrogen (secondary N) is 1. The number of benzene rings is 1. The summed E-state index contributed by atoms with van der Waals surface area (Å²) in [5.41, 5.74) is 0.919. The minimum absolute atomic E-state index is 0.155. The minimum Gasteiger partial charge on any atom is -0.480 e. The van der Waals surface area contributed by atoms with Crippen LogP contribution < -0.4 is 5.32 Å². The van der Waals surface area contributed by atoms with Crippen molar-refractivity contribution in [2.24, 2.45) is 0 Å². The molecule has 0 aliphatic heterocycles. The lowest BCUT2D eigenvalue weighted by molar-refractivity contribution is -0.141. The van der Waals surface area contributed by atoms with Gasteiger partial charge in [0.2, 0.25) is 5.91 Å². The average molecular weight is 432 g/mol. The number of unbranched alkanes of at least 4 members (excludes halogenated alkanes) is 14. The third-order valence-corrected chi connectivity index (χ3v) is 5.92. The second-order valence-corrected chi connectivity index (χ2v) is 8.85.